The van der Waals surface area contributed by atoms with Gasteiger partial charge in [0.1, 0.15) is 0 Å². The lowest BCUT2D eigenvalue weighted by Crippen LogP contribution is -2.41. The van der Waals surface area contributed by atoms with Crippen LogP contribution in [0.15, 0.2) is 18.2 Å². The highest BCUT2D eigenvalue weighted by Crippen LogP contribution is 2.34. The SMILES string of the molecule is CC(NC(=O)c1ccc(N)c(C(F)(F)F)c1)C(C)(C)C. The van der Waals surface area contributed by atoms with E-state index in [1.54, 1.807) is 6.92 Å². The van der Waals surface area contributed by atoms with Crippen molar-refractivity contribution in [1.82, 2.24) is 5.32 Å². The molecule has 0 aliphatic heterocycles. The lowest BCUT2D eigenvalue weighted by atomic mass is 9.88. The molecule has 0 aliphatic carbocycles. The Morgan fingerprint density at radius 1 is 1.25 bits per heavy atom. The van der Waals surface area contributed by atoms with Crippen molar-refractivity contribution < 1.29 is 18.0 Å². The number of amides is 1. The van der Waals surface area contributed by atoms with Gasteiger partial charge in [0.05, 0.1) is 5.56 Å². The van der Waals surface area contributed by atoms with Gasteiger partial charge in [-0.25, -0.2) is 0 Å². The maximum atomic E-state index is 12.7. The van der Waals surface area contributed by atoms with Gasteiger partial charge < -0.3 is 11.1 Å². The summed E-state index contributed by atoms with van der Waals surface area (Å²) < 4.78 is 38.2. The van der Waals surface area contributed by atoms with E-state index in [0.29, 0.717) is 0 Å². The van der Waals surface area contributed by atoms with Crippen molar-refractivity contribution in [3.63, 3.8) is 0 Å². The van der Waals surface area contributed by atoms with Gasteiger partial charge >= 0.3 is 6.18 Å². The molecule has 20 heavy (non-hydrogen) atoms. The first kappa shape index (κ1) is 16.3. The summed E-state index contributed by atoms with van der Waals surface area (Å²) in [6.07, 6.45) is -4.57. The minimum absolute atomic E-state index is 0.0531. The Bertz CT molecular complexity index is 504. The molecule has 1 amide bonds. The molecule has 1 aromatic rings. The van der Waals surface area contributed by atoms with Crippen molar-refractivity contribution in [1.29, 1.82) is 0 Å². The van der Waals surface area contributed by atoms with Gasteiger partial charge in [-0.05, 0) is 30.5 Å². The summed E-state index contributed by atoms with van der Waals surface area (Å²) in [5.74, 6) is -0.544. The summed E-state index contributed by atoms with van der Waals surface area (Å²) in [6.45, 7) is 7.60. The zero-order valence-corrected chi connectivity index (χ0v) is 11.9. The second kappa shape index (κ2) is 5.34. The Morgan fingerprint density at radius 3 is 2.25 bits per heavy atom. The molecule has 0 radical (unpaired) electrons. The summed E-state index contributed by atoms with van der Waals surface area (Å²) >= 11 is 0. The summed E-state index contributed by atoms with van der Waals surface area (Å²) in [6, 6.07) is 2.98. The number of benzene rings is 1. The van der Waals surface area contributed by atoms with Crippen LogP contribution in [0.1, 0.15) is 43.6 Å². The minimum Gasteiger partial charge on any atom is -0.398 e. The van der Waals surface area contributed by atoms with E-state index in [1.807, 2.05) is 20.8 Å². The van der Waals surface area contributed by atoms with Crippen LogP contribution in [0, 0.1) is 5.41 Å². The maximum Gasteiger partial charge on any atom is 0.418 e. The topological polar surface area (TPSA) is 55.1 Å². The number of halogens is 3. The number of hydrogen-bond donors (Lipinski definition) is 2. The predicted octanol–water partition coefficient (Wildman–Crippen LogP) is 3.45. The van der Waals surface area contributed by atoms with Crippen molar-refractivity contribution in [2.75, 3.05) is 5.73 Å². The number of anilines is 1. The van der Waals surface area contributed by atoms with E-state index >= 15 is 0 Å². The van der Waals surface area contributed by atoms with Crippen LogP contribution in [0.2, 0.25) is 0 Å². The quantitative estimate of drug-likeness (QED) is 0.819. The first-order valence-electron chi connectivity index (χ1n) is 6.20. The molecule has 112 valence electrons. The van der Waals surface area contributed by atoms with Crippen molar-refractivity contribution in [2.45, 2.75) is 39.9 Å². The fourth-order valence-electron chi connectivity index (χ4n) is 1.44. The normalized spacial score (nSPS) is 13.9. The molecule has 0 bridgehead atoms. The third-order valence-electron chi connectivity index (χ3n) is 3.27. The average molecular weight is 288 g/mol. The van der Waals surface area contributed by atoms with Crippen molar-refractivity contribution in [3.05, 3.63) is 29.3 Å². The van der Waals surface area contributed by atoms with Crippen LogP contribution in [0.3, 0.4) is 0 Å². The molecule has 1 rings (SSSR count). The molecule has 1 aromatic carbocycles. The molecule has 1 atom stereocenters. The second-order valence-electron chi connectivity index (χ2n) is 5.86. The molecule has 3 nitrogen and oxygen atoms in total. The number of nitrogens with one attached hydrogen (secondary N) is 1. The van der Waals surface area contributed by atoms with Crippen LogP contribution < -0.4 is 11.1 Å². The number of carbonyl (C=O) groups excluding carboxylic acids is 1. The third kappa shape index (κ3) is 3.88. The highest BCUT2D eigenvalue weighted by molar-refractivity contribution is 5.95. The standard InChI is InChI=1S/C14H19F3N2O/c1-8(13(2,3)4)19-12(20)9-5-6-11(18)10(7-9)14(15,16)17/h5-8H,18H2,1-4H3,(H,19,20). The maximum absolute atomic E-state index is 12.7. The second-order valence-corrected chi connectivity index (χ2v) is 5.86. The van der Waals surface area contributed by atoms with E-state index in [1.165, 1.54) is 6.07 Å². The lowest BCUT2D eigenvalue weighted by Gasteiger charge is -2.28. The fraction of sp³-hybridized carbons (Fsp3) is 0.500. The van der Waals surface area contributed by atoms with Crippen LogP contribution in [-0.2, 0) is 6.18 Å². The summed E-state index contributed by atoms with van der Waals surface area (Å²) in [4.78, 5) is 12.0. The van der Waals surface area contributed by atoms with Crippen LogP contribution in [-0.4, -0.2) is 11.9 Å². The molecule has 1 unspecified atom stereocenters. The predicted molar refractivity (Wildman–Crippen MR) is 72.2 cm³/mol. The van der Waals surface area contributed by atoms with E-state index in [9.17, 15) is 18.0 Å². The molecule has 0 saturated carbocycles. The summed E-state index contributed by atoms with van der Waals surface area (Å²) in [7, 11) is 0. The largest absolute Gasteiger partial charge is 0.418 e. The molecule has 3 N–H and O–H groups in total. The van der Waals surface area contributed by atoms with Gasteiger partial charge in [-0.15, -0.1) is 0 Å². The minimum atomic E-state index is -4.57. The first-order chi connectivity index (χ1) is 8.93. The monoisotopic (exact) mass is 288 g/mol. The Kier molecular flexibility index (Phi) is 4.36. The average Bonchev–Trinajstić information content (AvgIpc) is 2.26. The molecule has 0 spiro atoms. The molecule has 0 fully saturated rings. The summed E-state index contributed by atoms with van der Waals surface area (Å²) in [5.41, 5.74) is 3.67. The Morgan fingerprint density at radius 2 is 1.80 bits per heavy atom. The Hall–Kier alpha value is -1.72. The molecular formula is C14H19F3N2O. The third-order valence-corrected chi connectivity index (χ3v) is 3.27. The first-order valence-corrected chi connectivity index (χ1v) is 6.20. The van der Waals surface area contributed by atoms with Gasteiger partial charge in [0.2, 0.25) is 0 Å². The van der Waals surface area contributed by atoms with Gasteiger partial charge in [-0.3, -0.25) is 4.79 Å². The van der Waals surface area contributed by atoms with Crippen LogP contribution in [0.5, 0.6) is 0 Å². The van der Waals surface area contributed by atoms with Gasteiger partial charge in [-0.1, -0.05) is 20.8 Å². The van der Waals surface area contributed by atoms with Gasteiger partial charge in [0.25, 0.3) is 5.91 Å². The van der Waals surface area contributed by atoms with Crippen molar-refractivity contribution >= 4 is 11.6 Å². The number of nitrogen functional groups attached to an aromatic ring is 1. The summed E-state index contributed by atoms with van der Waals surface area (Å²) in [5, 5.41) is 2.69. The van der Waals surface area contributed by atoms with Crippen molar-refractivity contribution in [2.24, 2.45) is 5.41 Å². The number of nitrogens with two attached hydrogens (primary N) is 1. The van der Waals surface area contributed by atoms with E-state index in [4.69, 9.17) is 5.73 Å². The van der Waals surface area contributed by atoms with Crippen molar-refractivity contribution in [3.8, 4) is 0 Å². The van der Waals surface area contributed by atoms with Crippen LogP contribution >= 0.6 is 0 Å². The van der Waals surface area contributed by atoms with E-state index < -0.39 is 23.3 Å². The molecule has 0 aromatic heterocycles. The number of alkyl halides is 3. The number of rotatable bonds is 2. The highest BCUT2D eigenvalue weighted by Gasteiger charge is 2.33. The molecule has 0 heterocycles. The van der Waals surface area contributed by atoms with Crippen LogP contribution in [0.25, 0.3) is 0 Å². The zero-order valence-electron chi connectivity index (χ0n) is 11.9. The Labute approximate surface area is 116 Å². The lowest BCUT2D eigenvalue weighted by molar-refractivity contribution is -0.136. The van der Waals surface area contributed by atoms with E-state index in [-0.39, 0.29) is 17.0 Å². The van der Waals surface area contributed by atoms with Gasteiger partial charge in [-0.2, -0.15) is 13.2 Å². The highest BCUT2D eigenvalue weighted by atomic mass is 19.4. The van der Waals surface area contributed by atoms with Crippen LogP contribution in [0.4, 0.5) is 18.9 Å². The van der Waals surface area contributed by atoms with E-state index in [2.05, 4.69) is 5.32 Å². The van der Waals surface area contributed by atoms with Gasteiger partial charge in [0.15, 0.2) is 0 Å². The smallest absolute Gasteiger partial charge is 0.398 e. The van der Waals surface area contributed by atoms with E-state index in [0.717, 1.165) is 12.1 Å². The number of hydrogen-bond acceptors (Lipinski definition) is 2. The number of carbonyl (C=O) groups is 1. The molecule has 0 saturated heterocycles. The fourth-order valence-corrected chi connectivity index (χ4v) is 1.44. The molecule has 0 aliphatic rings. The van der Waals surface area contributed by atoms with Gasteiger partial charge in [0, 0.05) is 17.3 Å². The Balaban J connectivity index is 3.01. The zero-order chi connectivity index (χ0) is 15.7. The molecule has 6 heteroatoms. The molecular weight excluding hydrogens is 269 g/mol.